The van der Waals surface area contributed by atoms with E-state index in [-0.39, 0.29) is 11.9 Å². The van der Waals surface area contributed by atoms with Crippen LogP contribution in [0.5, 0.6) is 0 Å². The fourth-order valence-electron chi connectivity index (χ4n) is 2.43. The number of fused-ring (bicyclic) bond motifs is 1. The molecule has 3 atom stereocenters. The molecule has 0 heterocycles. The number of aryl methyl sites for hydroxylation is 1. The van der Waals surface area contributed by atoms with Gasteiger partial charge in [0.05, 0.1) is 12.1 Å². The monoisotopic (exact) mass is 232 g/mol. The minimum atomic E-state index is -0.448. The van der Waals surface area contributed by atoms with E-state index in [2.05, 4.69) is 30.4 Å². The number of hydrogen-bond acceptors (Lipinski definition) is 2. The zero-order valence-electron chi connectivity index (χ0n) is 10.4. The van der Waals surface area contributed by atoms with Gasteiger partial charge in [-0.15, -0.1) is 0 Å². The van der Waals surface area contributed by atoms with Crippen LogP contribution in [-0.2, 0) is 11.2 Å². The van der Waals surface area contributed by atoms with Crippen molar-refractivity contribution in [2.75, 3.05) is 0 Å². The van der Waals surface area contributed by atoms with Crippen LogP contribution < -0.4 is 11.1 Å². The first-order valence-corrected chi connectivity index (χ1v) is 6.23. The molecule has 0 spiro atoms. The Labute approximate surface area is 102 Å². The van der Waals surface area contributed by atoms with Crippen molar-refractivity contribution in [3.8, 4) is 0 Å². The molecule has 1 aliphatic carbocycles. The molecule has 2 rings (SSSR count). The Kier molecular flexibility index (Phi) is 3.48. The van der Waals surface area contributed by atoms with Crippen LogP contribution in [0.1, 0.15) is 37.4 Å². The van der Waals surface area contributed by atoms with Crippen molar-refractivity contribution in [3.63, 3.8) is 0 Å². The lowest BCUT2D eigenvalue weighted by Crippen LogP contribution is -2.43. The summed E-state index contributed by atoms with van der Waals surface area (Å²) in [6.07, 6.45) is 2.21. The third-order valence-electron chi connectivity index (χ3n) is 3.54. The molecule has 2 unspecified atom stereocenters. The van der Waals surface area contributed by atoms with E-state index >= 15 is 0 Å². The maximum Gasteiger partial charge on any atom is 0.237 e. The Hall–Kier alpha value is -1.35. The molecular weight excluding hydrogens is 212 g/mol. The van der Waals surface area contributed by atoms with Crippen LogP contribution in [0, 0.1) is 5.92 Å². The summed E-state index contributed by atoms with van der Waals surface area (Å²) in [4.78, 5) is 11.7. The zero-order chi connectivity index (χ0) is 12.4. The Morgan fingerprint density at radius 2 is 2.18 bits per heavy atom. The van der Waals surface area contributed by atoms with Gasteiger partial charge in [0.2, 0.25) is 5.91 Å². The molecule has 17 heavy (non-hydrogen) atoms. The highest BCUT2D eigenvalue weighted by molar-refractivity contribution is 5.81. The fraction of sp³-hybridized carbons (Fsp3) is 0.500. The Morgan fingerprint density at radius 3 is 2.88 bits per heavy atom. The molecule has 1 aromatic carbocycles. The summed E-state index contributed by atoms with van der Waals surface area (Å²) in [6.45, 7) is 3.90. The van der Waals surface area contributed by atoms with E-state index in [9.17, 15) is 4.79 Å². The normalized spacial score (nSPS) is 24.9. The van der Waals surface area contributed by atoms with Crippen molar-refractivity contribution in [3.05, 3.63) is 35.4 Å². The quantitative estimate of drug-likeness (QED) is 0.816. The maximum atomic E-state index is 11.7. The van der Waals surface area contributed by atoms with Gasteiger partial charge in [0, 0.05) is 0 Å². The van der Waals surface area contributed by atoms with E-state index in [0.29, 0.717) is 5.92 Å². The predicted octanol–water partition coefficient (Wildman–Crippen LogP) is 1.77. The molecule has 1 aromatic rings. The minimum Gasteiger partial charge on any atom is -0.348 e. The first-order valence-electron chi connectivity index (χ1n) is 6.23. The summed E-state index contributed by atoms with van der Waals surface area (Å²) >= 11 is 0. The predicted molar refractivity (Wildman–Crippen MR) is 68.5 cm³/mol. The van der Waals surface area contributed by atoms with Crippen molar-refractivity contribution in [2.24, 2.45) is 11.7 Å². The van der Waals surface area contributed by atoms with E-state index in [1.807, 2.05) is 6.07 Å². The highest BCUT2D eigenvalue weighted by Gasteiger charge is 2.27. The van der Waals surface area contributed by atoms with E-state index in [1.54, 1.807) is 6.92 Å². The molecular formula is C14H20N2O. The van der Waals surface area contributed by atoms with Gasteiger partial charge >= 0.3 is 0 Å². The van der Waals surface area contributed by atoms with Gasteiger partial charge in [-0.25, -0.2) is 0 Å². The van der Waals surface area contributed by atoms with Crippen LogP contribution in [-0.4, -0.2) is 11.9 Å². The summed E-state index contributed by atoms with van der Waals surface area (Å²) in [5, 5.41) is 3.06. The molecule has 0 bridgehead atoms. The van der Waals surface area contributed by atoms with Crippen LogP contribution in [0.3, 0.4) is 0 Å². The smallest absolute Gasteiger partial charge is 0.237 e. The van der Waals surface area contributed by atoms with Crippen molar-refractivity contribution in [2.45, 2.75) is 38.8 Å². The molecule has 3 nitrogen and oxygen atoms in total. The lowest BCUT2D eigenvalue weighted by Gasteiger charge is -2.32. The average molecular weight is 232 g/mol. The largest absolute Gasteiger partial charge is 0.348 e. The van der Waals surface area contributed by atoms with Crippen LogP contribution in [0.15, 0.2) is 24.3 Å². The fourth-order valence-corrected chi connectivity index (χ4v) is 2.43. The summed E-state index contributed by atoms with van der Waals surface area (Å²) in [6, 6.07) is 8.00. The van der Waals surface area contributed by atoms with E-state index in [1.165, 1.54) is 11.1 Å². The number of benzene rings is 1. The molecule has 0 fully saturated rings. The molecule has 92 valence electrons. The SMILES string of the molecule is CC1CCc2ccccc2C1NC(=O)[C@@H](C)N. The van der Waals surface area contributed by atoms with Gasteiger partial charge in [-0.2, -0.15) is 0 Å². The molecule has 3 heteroatoms. The highest BCUT2D eigenvalue weighted by Crippen LogP contribution is 2.33. The van der Waals surface area contributed by atoms with Gasteiger partial charge in [-0.1, -0.05) is 31.2 Å². The average Bonchev–Trinajstić information content (AvgIpc) is 2.32. The second-order valence-electron chi connectivity index (χ2n) is 4.99. The third-order valence-corrected chi connectivity index (χ3v) is 3.54. The number of amides is 1. The van der Waals surface area contributed by atoms with Gasteiger partial charge in [-0.05, 0) is 36.8 Å². The lowest BCUT2D eigenvalue weighted by atomic mass is 9.80. The Morgan fingerprint density at radius 1 is 1.47 bits per heavy atom. The lowest BCUT2D eigenvalue weighted by molar-refractivity contribution is -0.123. The van der Waals surface area contributed by atoms with E-state index in [4.69, 9.17) is 5.73 Å². The van der Waals surface area contributed by atoms with Crippen molar-refractivity contribution < 1.29 is 4.79 Å². The standard InChI is InChI=1S/C14H20N2O/c1-9-7-8-11-5-3-4-6-12(11)13(9)16-14(17)10(2)15/h3-6,9-10,13H,7-8,15H2,1-2H3,(H,16,17)/t9?,10-,13?/m1/s1. The molecule has 0 saturated carbocycles. The molecule has 0 saturated heterocycles. The molecule has 0 aliphatic heterocycles. The molecule has 0 aromatic heterocycles. The summed E-state index contributed by atoms with van der Waals surface area (Å²) in [7, 11) is 0. The van der Waals surface area contributed by atoms with Crippen LogP contribution >= 0.6 is 0 Å². The van der Waals surface area contributed by atoms with Crippen molar-refractivity contribution >= 4 is 5.91 Å². The van der Waals surface area contributed by atoms with E-state index < -0.39 is 6.04 Å². The first kappa shape index (κ1) is 12.1. The second kappa shape index (κ2) is 4.88. The van der Waals surface area contributed by atoms with Gasteiger partial charge in [0.25, 0.3) is 0 Å². The van der Waals surface area contributed by atoms with Gasteiger partial charge in [0.15, 0.2) is 0 Å². The van der Waals surface area contributed by atoms with Gasteiger partial charge < -0.3 is 11.1 Å². The second-order valence-corrected chi connectivity index (χ2v) is 4.99. The van der Waals surface area contributed by atoms with Crippen molar-refractivity contribution in [1.82, 2.24) is 5.32 Å². The molecule has 1 amide bonds. The molecule has 1 aliphatic rings. The number of carbonyl (C=O) groups is 1. The summed E-state index contributed by atoms with van der Waals surface area (Å²) in [5.74, 6) is 0.395. The molecule has 0 radical (unpaired) electrons. The Bertz CT molecular complexity index is 414. The third kappa shape index (κ3) is 2.50. The number of rotatable bonds is 2. The highest BCUT2D eigenvalue weighted by atomic mass is 16.2. The van der Waals surface area contributed by atoms with Gasteiger partial charge in [-0.3, -0.25) is 4.79 Å². The van der Waals surface area contributed by atoms with E-state index in [0.717, 1.165) is 12.8 Å². The van der Waals surface area contributed by atoms with Crippen LogP contribution in [0.25, 0.3) is 0 Å². The number of nitrogens with one attached hydrogen (secondary N) is 1. The Balaban J connectivity index is 2.24. The summed E-state index contributed by atoms with van der Waals surface area (Å²) < 4.78 is 0. The number of nitrogens with two attached hydrogens (primary N) is 1. The van der Waals surface area contributed by atoms with Crippen LogP contribution in [0.4, 0.5) is 0 Å². The number of carbonyl (C=O) groups excluding carboxylic acids is 1. The van der Waals surface area contributed by atoms with Crippen molar-refractivity contribution in [1.29, 1.82) is 0 Å². The topological polar surface area (TPSA) is 55.1 Å². The maximum absolute atomic E-state index is 11.7. The summed E-state index contributed by atoms with van der Waals surface area (Å²) in [5.41, 5.74) is 8.20. The minimum absolute atomic E-state index is 0.0708. The molecule has 3 N–H and O–H groups in total. The number of hydrogen-bond donors (Lipinski definition) is 2. The van der Waals surface area contributed by atoms with Crippen LogP contribution in [0.2, 0.25) is 0 Å². The first-order chi connectivity index (χ1) is 8.09. The van der Waals surface area contributed by atoms with Gasteiger partial charge in [0.1, 0.15) is 0 Å². The zero-order valence-corrected chi connectivity index (χ0v) is 10.4.